The SMILES string of the molecule is CO.COc1ccc([N+](=O)[O-])cc1[N+](=O)[O-].C[O-].O.O=[N+]([O-])c1ccc(Cl)c([N+](=O)[O-])c1.O=[N+]([O-])c1ccc(Cl)c([N+](=O)[O-])c1.[Na+]. The van der Waals surface area contributed by atoms with E-state index in [9.17, 15) is 60.7 Å². The quantitative estimate of drug-likeness (QED) is 0.199. The molecule has 0 aliphatic carbocycles. The second kappa shape index (κ2) is 24.6. The van der Waals surface area contributed by atoms with Gasteiger partial charge in [-0.25, -0.2) is 0 Å². The van der Waals surface area contributed by atoms with Crippen molar-refractivity contribution >= 4 is 57.3 Å². The molecule has 0 spiro atoms. The Kier molecular flexibility index (Phi) is 25.8. The van der Waals surface area contributed by atoms with E-state index in [4.69, 9.17) is 33.4 Å². The van der Waals surface area contributed by atoms with E-state index in [2.05, 4.69) is 4.74 Å². The molecule has 22 nitrogen and oxygen atoms in total. The predicted molar refractivity (Wildman–Crippen MR) is 154 cm³/mol. The normalized spacial score (nSPS) is 8.59. The van der Waals surface area contributed by atoms with Crippen molar-refractivity contribution < 1.29 is 79.5 Å². The van der Waals surface area contributed by atoms with Crippen LogP contribution >= 0.6 is 23.2 Å². The number of hydrogen-bond donors (Lipinski definition) is 1. The molecule has 0 heterocycles. The van der Waals surface area contributed by atoms with Gasteiger partial charge in [0.05, 0.1) is 54.8 Å². The van der Waals surface area contributed by atoms with Crippen molar-refractivity contribution in [2.75, 3.05) is 21.3 Å². The van der Waals surface area contributed by atoms with E-state index >= 15 is 0 Å². The summed E-state index contributed by atoms with van der Waals surface area (Å²) in [7, 11) is 3.01. The summed E-state index contributed by atoms with van der Waals surface area (Å²) in [5.74, 6) is 0.000556. The van der Waals surface area contributed by atoms with Crippen LogP contribution in [-0.2, 0) is 0 Å². The molecule has 3 aromatic carbocycles. The fraction of sp³-hybridized carbons (Fsp3) is 0.143. The van der Waals surface area contributed by atoms with Gasteiger partial charge in [-0.1, -0.05) is 23.2 Å². The molecule has 3 rings (SSSR count). The number of nitrogens with zero attached hydrogens (tertiary/aromatic N) is 6. The van der Waals surface area contributed by atoms with Gasteiger partial charge in [-0.2, -0.15) is 7.11 Å². The Morgan fingerprint density at radius 2 is 0.804 bits per heavy atom. The monoisotopic (exact) mass is 706 g/mol. The van der Waals surface area contributed by atoms with Gasteiger partial charge >= 0.3 is 35.2 Å². The summed E-state index contributed by atoms with van der Waals surface area (Å²) >= 11 is 10.9. The fourth-order valence-corrected chi connectivity index (χ4v) is 2.82. The van der Waals surface area contributed by atoms with Crippen LogP contribution in [0, 0.1) is 60.7 Å². The molecule has 0 fully saturated rings. The number of ether oxygens (including phenoxy) is 1. The van der Waals surface area contributed by atoms with Crippen LogP contribution in [-0.4, -0.2) is 61.5 Å². The number of hydrogen-bond acceptors (Lipinski definition) is 15. The summed E-state index contributed by atoms with van der Waals surface area (Å²) in [6, 6.07) is 9.30. The van der Waals surface area contributed by atoms with Crippen LogP contribution in [0.15, 0.2) is 54.6 Å². The first-order chi connectivity index (χ1) is 20.6. The Morgan fingerprint density at radius 1 is 0.543 bits per heavy atom. The molecule has 3 N–H and O–H groups in total. The van der Waals surface area contributed by atoms with Crippen molar-refractivity contribution in [3.8, 4) is 5.75 Å². The topological polar surface area (TPSA) is 343 Å². The van der Waals surface area contributed by atoms with Crippen LogP contribution in [0.4, 0.5) is 34.1 Å². The third kappa shape index (κ3) is 15.9. The Labute approximate surface area is 288 Å². The number of nitro benzene ring substituents is 6. The Hall–Kier alpha value is -4.68. The zero-order chi connectivity index (χ0) is 34.7. The van der Waals surface area contributed by atoms with E-state index in [0.717, 1.165) is 62.8 Å². The number of methoxy groups -OCH3 is 1. The summed E-state index contributed by atoms with van der Waals surface area (Å²) in [6.45, 7) is 0. The smallest absolute Gasteiger partial charge is 0.857 e. The van der Waals surface area contributed by atoms with Crippen LogP contribution in [0.3, 0.4) is 0 Å². The van der Waals surface area contributed by atoms with Crippen LogP contribution in [0.5, 0.6) is 5.75 Å². The molecule has 0 atom stereocenters. The maximum atomic E-state index is 10.5. The number of halogens is 2. The van der Waals surface area contributed by atoms with Crippen LogP contribution in [0.2, 0.25) is 10.0 Å². The van der Waals surface area contributed by atoms with Gasteiger partial charge in [0.2, 0.25) is 0 Å². The molecule has 46 heavy (non-hydrogen) atoms. The molecule has 0 aromatic heterocycles. The maximum Gasteiger partial charge on any atom is 1.00 e. The van der Waals surface area contributed by atoms with Gasteiger partial charge in [-0.05, 0) is 18.2 Å². The van der Waals surface area contributed by atoms with Crippen molar-refractivity contribution in [1.82, 2.24) is 0 Å². The minimum Gasteiger partial charge on any atom is -0.857 e. The van der Waals surface area contributed by atoms with E-state index in [-0.39, 0.29) is 67.9 Å². The summed E-state index contributed by atoms with van der Waals surface area (Å²) in [5.41, 5.74) is -2.38. The summed E-state index contributed by atoms with van der Waals surface area (Å²) in [4.78, 5) is 57.4. The molecular formula is C21H21Cl2N6NaO16. The minimum atomic E-state index is -0.769. The second-order valence-electron chi connectivity index (χ2n) is 6.67. The number of non-ortho nitro benzene ring substituents is 3. The van der Waals surface area contributed by atoms with Crippen molar-refractivity contribution in [1.29, 1.82) is 0 Å². The van der Waals surface area contributed by atoms with Crippen molar-refractivity contribution in [3.63, 3.8) is 0 Å². The van der Waals surface area contributed by atoms with Crippen LogP contribution in [0.25, 0.3) is 0 Å². The summed E-state index contributed by atoms with van der Waals surface area (Å²) < 4.78 is 4.68. The van der Waals surface area contributed by atoms with E-state index in [1.807, 2.05) is 0 Å². The van der Waals surface area contributed by atoms with Gasteiger partial charge in [-0.3, -0.25) is 60.7 Å². The third-order valence-corrected chi connectivity index (χ3v) is 4.88. The third-order valence-electron chi connectivity index (χ3n) is 4.24. The van der Waals surface area contributed by atoms with E-state index < -0.39 is 46.6 Å². The number of aliphatic hydroxyl groups is 1. The molecule has 0 aliphatic rings. The van der Waals surface area contributed by atoms with Gasteiger partial charge < -0.3 is 20.4 Å². The number of aliphatic hydroxyl groups excluding tert-OH is 1. The molecule has 0 unspecified atom stereocenters. The minimum absolute atomic E-state index is 0. The Bertz CT molecular complexity index is 1440. The average molecular weight is 707 g/mol. The average Bonchev–Trinajstić information content (AvgIpc) is 2.99. The number of rotatable bonds is 7. The second-order valence-corrected chi connectivity index (χ2v) is 7.48. The van der Waals surface area contributed by atoms with Crippen LogP contribution in [0.1, 0.15) is 0 Å². The summed E-state index contributed by atoms with van der Waals surface area (Å²) in [5, 5.41) is 76.8. The van der Waals surface area contributed by atoms with Crippen molar-refractivity contribution in [3.05, 3.63) is 125 Å². The zero-order valence-corrected chi connectivity index (χ0v) is 27.3. The van der Waals surface area contributed by atoms with E-state index in [0.29, 0.717) is 0 Å². The largest absolute Gasteiger partial charge is 1.00 e. The van der Waals surface area contributed by atoms with Crippen LogP contribution < -0.4 is 39.4 Å². The fourth-order valence-electron chi connectivity index (χ4n) is 2.44. The van der Waals surface area contributed by atoms with Crippen molar-refractivity contribution in [2.24, 2.45) is 0 Å². The predicted octanol–water partition coefficient (Wildman–Crippen LogP) is 0.589. The molecule has 25 heteroatoms. The first-order valence-electron chi connectivity index (χ1n) is 10.6. The van der Waals surface area contributed by atoms with Gasteiger partial charge in [-0.15, -0.1) is 0 Å². The first-order valence-corrected chi connectivity index (χ1v) is 11.3. The molecule has 0 amide bonds. The van der Waals surface area contributed by atoms with E-state index in [1.165, 1.54) is 13.2 Å². The van der Waals surface area contributed by atoms with Crippen molar-refractivity contribution in [2.45, 2.75) is 0 Å². The number of benzene rings is 3. The van der Waals surface area contributed by atoms with Gasteiger partial charge in [0.15, 0.2) is 5.75 Å². The molecule has 0 saturated heterocycles. The maximum absolute atomic E-state index is 10.5. The molecule has 246 valence electrons. The van der Waals surface area contributed by atoms with Gasteiger partial charge in [0.25, 0.3) is 28.4 Å². The molecule has 0 saturated carbocycles. The molecular weight excluding hydrogens is 686 g/mol. The number of nitro groups is 6. The molecule has 3 aromatic rings. The van der Waals surface area contributed by atoms with Gasteiger partial charge in [0.1, 0.15) is 10.0 Å². The zero-order valence-electron chi connectivity index (χ0n) is 23.8. The molecule has 0 bridgehead atoms. The Morgan fingerprint density at radius 3 is 1.04 bits per heavy atom. The molecule has 0 aliphatic heterocycles. The standard InChI is InChI=1S/C7H6N2O5.2C6H3ClN2O4.CH4O.CH3O.Na.H2O/c1-14-7-3-2-5(8(10)11)4-6(7)9(12)13;2*7-5-2-1-4(8(10)11)3-6(5)9(12)13;2*1-2;;/h2-4H,1H3;2*1-3H;2H,1H3;1H3;;1H2/q;;;;-1;+1;. The Balaban J connectivity index is -0.000000267. The van der Waals surface area contributed by atoms with Gasteiger partial charge in [0, 0.05) is 25.3 Å². The van der Waals surface area contributed by atoms with E-state index in [1.54, 1.807) is 0 Å². The summed E-state index contributed by atoms with van der Waals surface area (Å²) in [6.07, 6.45) is 0. The first kappa shape index (κ1) is 48.2. The molecule has 0 radical (unpaired) electrons.